The molecule has 0 radical (unpaired) electrons. The van der Waals surface area contributed by atoms with Crippen LogP contribution in [0.3, 0.4) is 0 Å². The molecule has 0 fully saturated rings. The molecular weight excluding hydrogens is 212 g/mol. The summed E-state index contributed by atoms with van der Waals surface area (Å²) in [6, 6.07) is 8.34. The van der Waals surface area contributed by atoms with Crippen molar-refractivity contribution in [2.45, 2.75) is 39.2 Å². The van der Waals surface area contributed by atoms with E-state index in [1.54, 1.807) is 0 Å². The molecule has 0 aromatic heterocycles. The normalized spacial score (nSPS) is 11.3. The van der Waals surface area contributed by atoms with E-state index in [4.69, 9.17) is 5.73 Å². The minimum atomic E-state index is -0.210. The molecule has 0 aliphatic carbocycles. The number of hydrogen-bond donors (Lipinski definition) is 2. The van der Waals surface area contributed by atoms with Gasteiger partial charge in [0, 0.05) is 5.54 Å². The zero-order valence-corrected chi connectivity index (χ0v) is 10.9. The highest BCUT2D eigenvalue weighted by molar-refractivity contribution is 5.78. The molecule has 0 aliphatic heterocycles. The molecule has 1 rings (SSSR count). The highest BCUT2D eigenvalue weighted by Gasteiger charge is 2.19. The van der Waals surface area contributed by atoms with E-state index in [1.165, 1.54) is 11.1 Å². The number of nitrogens with one attached hydrogen (secondary N) is 1. The van der Waals surface area contributed by atoms with Gasteiger partial charge in [-0.15, -0.1) is 0 Å². The second-order valence-electron chi connectivity index (χ2n) is 5.06. The molecule has 0 unspecified atom stereocenters. The number of hydrogen-bond acceptors (Lipinski definition) is 2. The van der Waals surface area contributed by atoms with Crippen LogP contribution in [0.2, 0.25) is 0 Å². The number of amides is 1. The molecule has 1 aromatic carbocycles. The first-order chi connectivity index (χ1) is 7.94. The maximum Gasteiger partial charge on any atom is 0.234 e. The molecule has 0 heterocycles. The number of carbonyl (C=O) groups is 1. The van der Waals surface area contributed by atoms with Crippen LogP contribution in [0.1, 0.15) is 31.4 Å². The second kappa shape index (κ2) is 5.82. The number of benzene rings is 1. The van der Waals surface area contributed by atoms with Crippen LogP contribution in [0.5, 0.6) is 0 Å². The molecule has 3 nitrogen and oxygen atoms in total. The van der Waals surface area contributed by atoms with Crippen LogP contribution in [0, 0.1) is 6.92 Å². The monoisotopic (exact) mass is 234 g/mol. The predicted octanol–water partition coefficient (Wildman–Crippen LogP) is 1.78. The lowest BCUT2D eigenvalue weighted by atomic mass is 9.93. The Hall–Kier alpha value is -1.35. The molecule has 1 amide bonds. The average molecular weight is 234 g/mol. The van der Waals surface area contributed by atoms with Crippen LogP contribution in [-0.4, -0.2) is 18.0 Å². The number of aryl methyl sites for hydroxylation is 2. The molecule has 0 bridgehead atoms. The maximum atomic E-state index is 11.3. The summed E-state index contributed by atoms with van der Waals surface area (Å²) in [5.41, 5.74) is 7.72. The van der Waals surface area contributed by atoms with Gasteiger partial charge in [0.2, 0.25) is 5.91 Å². The molecule has 0 saturated carbocycles. The van der Waals surface area contributed by atoms with E-state index < -0.39 is 0 Å². The van der Waals surface area contributed by atoms with Gasteiger partial charge in [0.25, 0.3) is 0 Å². The van der Waals surface area contributed by atoms with Crippen LogP contribution in [0.25, 0.3) is 0 Å². The fourth-order valence-electron chi connectivity index (χ4n) is 1.83. The molecule has 0 spiro atoms. The number of nitrogens with two attached hydrogens (primary N) is 1. The van der Waals surface area contributed by atoms with Crippen molar-refractivity contribution >= 4 is 5.91 Å². The van der Waals surface area contributed by atoms with Gasteiger partial charge in [-0.1, -0.05) is 24.3 Å². The van der Waals surface area contributed by atoms with E-state index in [9.17, 15) is 4.79 Å². The highest BCUT2D eigenvalue weighted by Crippen LogP contribution is 2.16. The Kier molecular flexibility index (Phi) is 4.70. The number of carbonyl (C=O) groups excluding carboxylic acids is 1. The van der Waals surface area contributed by atoms with Gasteiger partial charge in [-0.25, -0.2) is 0 Å². The summed E-state index contributed by atoms with van der Waals surface area (Å²) in [6.45, 7) is 6.21. The van der Waals surface area contributed by atoms with Crippen molar-refractivity contribution in [2.75, 3.05) is 6.54 Å². The predicted molar refractivity (Wildman–Crippen MR) is 70.8 cm³/mol. The molecule has 0 aliphatic rings. The summed E-state index contributed by atoms with van der Waals surface area (Å²) in [5.74, 6) is -0.0974. The van der Waals surface area contributed by atoms with E-state index in [-0.39, 0.29) is 18.0 Å². The van der Waals surface area contributed by atoms with Gasteiger partial charge in [-0.05, 0) is 44.7 Å². The average Bonchev–Trinajstić information content (AvgIpc) is 2.27. The van der Waals surface area contributed by atoms with Crippen molar-refractivity contribution in [3.05, 3.63) is 35.4 Å². The lowest BCUT2D eigenvalue weighted by Gasteiger charge is -2.26. The topological polar surface area (TPSA) is 55.1 Å². The van der Waals surface area contributed by atoms with Crippen molar-refractivity contribution in [2.24, 2.45) is 5.73 Å². The molecule has 94 valence electrons. The minimum Gasteiger partial charge on any atom is -0.350 e. The van der Waals surface area contributed by atoms with Gasteiger partial charge in [0.1, 0.15) is 0 Å². The summed E-state index contributed by atoms with van der Waals surface area (Å²) >= 11 is 0. The van der Waals surface area contributed by atoms with Crippen LogP contribution in [0.15, 0.2) is 24.3 Å². The lowest BCUT2D eigenvalue weighted by Crippen LogP contribution is -2.46. The third-order valence-electron chi connectivity index (χ3n) is 2.94. The van der Waals surface area contributed by atoms with Crippen LogP contribution in [0.4, 0.5) is 0 Å². The zero-order valence-electron chi connectivity index (χ0n) is 10.9. The first-order valence-corrected chi connectivity index (χ1v) is 6.00. The van der Waals surface area contributed by atoms with Gasteiger partial charge in [0.05, 0.1) is 6.54 Å². The van der Waals surface area contributed by atoms with Crippen molar-refractivity contribution in [3.8, 4) is 0 Å². The summed E-state index contributed by atoms with van der Waals surface area (Å²) in [5, 5.41) is 2.93. The molecule has 1 aromatic rings. The Morgan fingerprint density at radius 1 is 1.35 bits per heavy atom. The third kappa shape index (κ3) is 4.57. The van der Waals surface area contributed by atoms with E-state index in [1.807, 2.05) is 26.0 Å². The standard InChI is InChI=1S/C14H22N2O/c1-11-6-4-5-7-12(11)8-9-14(2,3)16-13(17)10-15/h4-7H,8-10,15H2,1-3H3,(H,16,17). The fraction of sp³-hybridized carbons (Fsp3) is 0.500. The minimum absolute atomic E-state index is 0.0494. The Labute approximate surface area is 103 Å². The van der Waals surface area contributed by atoms with Gasteiger partial charge >= 0.3 is 0 Å². The van der Waals surface area contributed by atoms with Gasteiger partial charge in [-0.2, -0.15) is 0 Å². The quantitative estimate of drug-likeness (QED) is 0.816. The summed E-state index contributed by atoms with van der Waals surface area (Å²) < 4.78 is 0. The Morgan fingerprint density at radius 2 is 2.00 bits per heavy atom. The number of rotatable bonds is 5. The molecule has 3 heteroatoms. The van der Waals surface area contributed by atoms with Gasteiger partial charge in [-0.3, -0.25) is 4.79 Å². The van der Waals surface area contributed by atoms with Crippen molar-refractivity contribution in [1.29, 1.82) is 0 Å². The highest BCUT2D eigenvalue weighted by atomic mass is 16.1. The van der Waals surface area contributed by atoms with E-state index in [2.05, 4.69) is 24.4 Å². The molecule has 0 saturated heterocycles. The largest absolute Gasteiger partial charge is 0.350 e. The summed E-state index contributed by atoms with van der Waals surface area (Å²) in [7, 11) is 0. The molecule has 17 heavy (non-hydrogen) atoms. The fourth-order valence-corrected chi connectivity index (χ4v) is 1.83. The molecular formula is C14H22N2O. The van der Waals surface area contributed by atoms with Crippen molar-refractivity contribution < 1.29 is 4.79 Å². The Morgan fingerprint density at radius 3 is 2.59 bits per heavy atom. The van der Waals surface area contributed by atoms with Crippen LogP contribution >= 0.6 is 0 Å². The van der Waals surface area contributed by atoms with Gasteiger partial charge < -0.3 is 11.1 Å². The Balaban J connectivity index is 2.55. The second-order valence-corrected chi connectivity index (χ2v) is 5.06. The maximum absolute atomic E-state index is 11.3. The van der Waals surface area contributed by atoms with Crippen LogP contribution < -0.4 is 11.1 Å². The first kappa shape index (κ1) is 13.7. The molecule has 0 atom stereocenters. The van der Waals surface area contributed by atoms with E-state index in [0.29, 0.717) is 0 Å². The third-order valence-corrected chi connectivity index (χ3v) is 2.94. The smallest absolute Gasteiger partial charge is 0.234 e. The van der Waals surface area contributed by atoms with Crippen molar-refractivity contribution in [1.82, 2.24) is 5.32 Å². The van der Waals surface area contributed by atoms with Crippen LogP contribution in [-0.2, 0) is 11.2 Å². The SMILES string of the molecule is Cc1ccccc1CCC(C)(C)NC(=O)CN. The van der Waals surface area contributed by atoms with Gasteiger partial charge in [0.15, 0.2) is 0 Å². The Bertz CT molecular complexity index is 386. The summed E-state index contributed by atoms with van der Waals surface area (Å²) in [6.07, 6.45) is 1.87. The van der Waals surface area contributed by atoms with E-state index in [0.717, 1.165) is 12.8 Å². The molecule has 3 N–H and O–H groups in total. The first-order valence-electron chi connectivity index (χ1n) is 6.00. The summed E-state index contributed by atoms with van der Waals surface area (Å²) in [4.78, 5) is 11.3. The van der Waals surface area contributed by atoms with E-state index >= 15 is 0 Å². The zero-order chi connectivity index (χ0) is 12.9. The van der Waals surface area contributed by atoms with Crippen molar-refractivity contribution in [3.63, 3.8) is 0 Å². The lowest BCUT2D eigenvalue weighted by molar-refractivity contribution is -0.121.